The fourth-order valence-corrected chi connectivity index (χ4v) is 3.15. The summed E-state index contributed by atoms with van der Waals surface area (Å²) < 4.78 is 68.0. The molecule has 0 fully saturated rings. The van der Waals surface area contributed by atoms with Crippen LogP contribution in [0.1, 0.15) is 17.5 Å². The number of anilines is 1. The second-order valence-electron chi connectivity index (χ2n) is 5.44. The second-order valence-corrected chi connectivity index (χ2v) is 7.11. The van der Waals surface area contributed by atoms with Gasteiger partial charge in [-0.2, -0.15) is 21.6 Å². The van der Waals surface area contributed by atoms with E-state index in [1.165, 1.54) is 6.07 Å². The molecule has 0 radical (unpaired) electrons. The van der Waals surface area contributed by atoms with Crippen LogP contribution in [-0.4, -0.2) is 13.9 Å². The van der Waals surface area contributed by atoms with E-state index in [9.17, 15) is 21.6 Å². The van der Waals surface area contributed by atoms with Gasteiger partial charge in [-0.3, -0.25) is 4.72 Å². The number of fused-ring (bicyclic) bond motifs is 1. The molecule has 2 aromatic rings. The summed E-state index contributed by atoms with van der Waals surface area (Å²) in [7, 11) is -5.51. The van der Waals surface area contributed by atoms with E-state index in [0.29, 0.717) is 12.2 Å². The van der Waals surface area contributed by atoms with E-state index in [2.05, 4.69) is 0 Å². The molecule has 0 saturated heterocycles. The molecule has 0 aromatic heterocycles. The highest BCUT2D eigenvalue weighted by Gasteiger charge is 2.46. The van der Waals surface area contributed by atoms with Gasteiger partial charge in [0.15, 0.2) is 5.75 Å². The number of ether oxygens (including phenoxy) is 1. The van der Waals surface area contributed by atoms with Crippen molar-refractivity contribution in [3.05, 3.63) is 53.6 Å². The summed E-state index contributed by atoms with van der Waals surface area (Å²) in [5.41, 5.74) is -3.82. The number of sulfonamides is 1. The highest BCUT2D eigenvalue weighted by atomic mass is 32.2. The van der Waals surface area contributed by atoms with Crippen molar-refractivity contribution in [1.82, 2.24) is 0 Å². The Hall–Kier alpha value is -2.22. The van der Waals surface area contributed by atoms with Gasteiger partial charge in [0.1, 0.15) is 5.75 Å². The third-order valence-electron chi connectivity index (χ3n) is 3.71. The lowest BCUT2D eigenvalue weighted by atomic mass is 10.1. The Bertz CT molecular complexity index is 849. The first-order valence-corrected chi connectivity index (χ1v) is 8.72. The van der Waals surface area contributed by atoms with Gasteiger partial charge in [0.25, 0.3) is 0 Å². The molecule has 4 nitrogen and oxygen atoms in total. The van der Waals surface area contributed by atoms with Crippen LogP contribution in [0.5, 0.6) is 11.5 Å². The lowest BCUT2D eigenvalue weighted by Crippen LogP contribution is -2.30. The smallest absolute Gasteiger partial charge is 0.455 e. The Morgan fingerprint density at radius 1 is 1.00 bits per heavy atom. The SMILES string of the molecule is O=S(=O)(Nc1cc2c(cc1Oc1ccccc1)CCC2)C(F)(F)F. The van der Waals surface area contributed by atoms with Crippen LogP contribution in [0, 0.1) is 0 Å². The fourth-order valence-electron chi connectivity index (χ4n) is 2.58. The number of hydrogen-bond donors (Lipinski definition) is 1. The lowest BCUT2D eigenvalue weighted by Gasteiger charge is -2.16. The maximum Gasteiger partial charge on any atom is 0.516 e. The zero-order chi connectivity index (χ0) is 17.4. The summed E-state index contributed by atoms with van der Waals surface area (Å²) >= 11 is 0. The molecule has 1 N–H and O–H groups in total. The summed E-state index contributed by atoms with van der Waals surface area (Å²) in [4.78, 5) is 0. The predicted molar refractivity (Wildman–Crippen MR) is 83.6 cm³/mol. The molecule has 1 aliphatic rings. The van der Waals surface area contributed by atoms with E-state index in [1.54, 1.807) is 41.1 Å². The van der Waals surface area contributed by atoms with Gasteiger partial charge in [0.05, 0.1) is 5.69 Å². The van der Waals surface area contributed by atoms with Crippen LogP contribution < -0.4 is 9.46 Å². The standard InChI is InChI=1S/C16H14F3NO3S/c17-16(18,19)24(21,22)20-14-9-11-5-4-6-12(11)10-15(14)23-13-7-2-1-3-8-13/h1-3,7-10,20H,4-6H2. The van der Waals surface area contributed by atoms with Crippen LogP contribution in [0.4, 0.5) is 18.9 Å². The first-order chi connectivity index (χ1) is 11.3. The van der Waals surface area contributed by atoms with Gasteiger partial charge in [-0.25, -0.2) is 0 Å². The van der Waals surface area contributed by atoms with Gasteiger partial charge in [0.2, 0.25) is 0 Å². The Morgan fingerprint density at radius 3 is 2.25 bits per heavy atom. The van der Waals surface area contributed by atoms with E-state index in [-0.39, 0.29) is 11.4 Å². The van der Waals surface area contributed by atoms with Crippen molar-refractivity contribution in [2.45, 2.75) is 24.8 Å². The van der Waals surface area contributed by atoms with Gasteiger partial charge < -0.3 is 4.74 Å². The molecule has 0 amide bonds. The molecule has 0 unspecified atom stereocenters. The molecule has 3 rings (SSSR count). The van der Waals surface area contributed by atoms with E-state index in [4.69, 9.17) is 4.74 Å². The summed E-state index contributed by atoms with van der Waals surface area (Å²) in [5.74, 6) is 0.456. The van der Waals surface area contributed by atoms with Crippen molar-refractivity contribution in [2.75, 3.05) is 4.72 Å². The maximum atomic E-state index is 12.7. The zero-order valence-corrected chi connectivity index (χ0v) is 13.2. The van der Waals surface area contributed by atoms with Crippen LogP contribution in [0.25, 0.3) is 0 Å². The zero-order valence-electron chi connectivity index (χ0n) is 12.4. The van der Waals surface area contributed by atoms with Gasteiger partial charge >= 0.3 is 15.5 Å². The third-order valence-corrected chi connectivity index (χ3v) is 4.81. The minimum absolute atomic E-state index is 0.0506. The number of halogens is 3. The van der Waals surface area contributed by atoms with E-state index in [0.717, 1.165) is 24.0 Å². The van der Waals surface area contributed by atoms with Gasteiger partial charge in [0, 0.05) is 0 Å². The average Bonchev–Trinajstić information content (AvgIpc) is 2.94. The average molecular weight is 357 g/mol. The highest BCUT2D eigenvalue weighted by Crippen LogP contribution is 2.38. The Balaban J connectivity index is 2.01. The second kappa shape index (κ2) is 6.01. The molecule has 0 saturated carbocycles. The van der Waals surface area contributed by atoms with Crippen LogP contribution in [-0.2, 0) is 22.9 Å². The van der Waals surface area contributed by atoms with Gasteiger partial charge in [-0.15, -0.1) is 0 Å². The maximum absolute atomic E-state index is 12.7. The minimum Gasteiger partial charge on any atom is -0.455 e. The minimum atomic E-state index is -5.51. The van der Waals surface area contributed by atoms with E-state index in [1.807, 2.05) is 0 Å². The highest BCUT2D eigenvalue weighted by molar-refractivity contribution is 7.93. The molecule has 2 aromatic carbocycles. The first kappa shape index (κ1) is 16.6. The number of nitrogens with one attached hydrogen (secondary N) is 1. The first-order valence-electron chi connectivity index (χ1n) is 7.24. The Labute approximate surface area is 137 Å². The van der Waals surface area contributed by atoms with Gasteiger partial charge in [-0.05, 0) is 54.7 Å². The quantitative estimate of drug-likeness (QED) is 0.891. The van der Waals surface area contributed by atoms with Crippen molar-refractivity contribution >= 4 is 15.7 Å². The topological polar surface area (TPSA) is 55.4 Å². The predicted octanol–water partition coefficient (Wildman–Crippen LogP) is 4.23. The number of benzene rings is 2. The molecule has 128 valence electrons. The Morgan fingerprint density at radius 2 is 1.62 bits per heavy atom. The van der Waals surface area contributed by atoms with E-state index >= 15 is 0 Å². The van der Waals surface area contributed by atoms with Crippen molar-refractivity contribution in [2.24, 2.45) is 0 Å². The number of para-hydroxylation sites is 1. The summed E-state index contributed by atoms with van der Waals surface area (Å²) in [6.45, 7) is 0. The number of hydrogen-bond acceptors (Lipinski definition) is 3. The molecule has 1 aliphatic carbocycles. The van der Waals surface area contributed by atoms with E-state index < -0.39 is 15.5 Å². The van der Waals surface area contributed by atoms with Crippen LogP contribution >= 0.6 is 0 Å². The summed E-state index contributed by atoms with van der Waals surface area (Å²) in [6, 6.07) is 11.5. The number of aryl methyl sites for hydroxylation is 2. The van der Waals surface area contributed by atoms with Crippen LogP contribution in [0.3, 0.4) is 0 Å². The van der Waals surface area contributed by atoms with Crippen molar-refractivity contribution in [3.63, 3.8) is 0 Å². The monoisotopic (exact) mass is 357 g/mol. The van der Waals surface area contributed by atoms with Crippen molar-refractivity contribution in [3.8, 4) is 11.5 Å². The molecule has 0 spiro atoms. The third kappa shape index (κ3) is 3.33. The molecule has 8 heteroatoms. The van der Waals surface area contributed by atoms with Gasteiger partial charge in [-0.1, -0.05) is 18.2 Å². The summed E-state index contributed by atoms with van der Waals surface area (Å²) in [5, 5.41) is 0. The number of rotatable bonds is 4. The Kier molecular flexibility index (Phi) is 4.16. The number of alkyl halides is 3. The molecule has 0 aliphatic heterocycles. The molecule has 24 heavy (non-hydrogen) atoms. The van der Waals surface area contributed by atoms with Crippen molar-refractivity contribution < 1.29 is 26.3 Å². The normalized spacial score (nSPS) is 14.3. The molecular formula is C16H14F3NO3S. The van der Waals surface area contributed by atoms with Crippen LogP contribution in [0.2, 0.25) is 0 Å². The lowest BCUT2D eigenvalue weighted by molar-refractivity contribution is -0.0429. The molecule has 0 atom stereocenters. The molecular weight excluding hydrogens is 343 g/mol. The van der Waals surface area contributed by atoms with Crippen molar-refractivity contribution in [1.29, 1.82) is 0 Å². The summed E-state index contributed by atoms with van der Waals surface area (Å²) in [6.07, 6.45) is 2.35. The molecule has 0 bridgehead atoms. The largest absolute Gasteiger partial charge is 0.516 e. The fraction of sp³-hybridized carbons (Fsp3) is 0.250. The molecule has 0 heterocycles. The van der Waals surface area contributed by atoms with Crippen LogP contribution in [0.15, 0.2) is 42.5 Å².